The number of amides is 4. The van der Waals surface area contributed by atoms with Crippen molar-refractivity contribution in [3.63, 3.8) is 0 Å². The van der Waals surface area contributed by atoms with E-state index in [1.54, 1.807) is 19.8 Å². The molecule has 0 saturated carbocycles. The van der Waals surface area contributed by atoms with E-state index in [2.05, 4.69) is 11.2 Å². The van der Waals surface area contributed by atoms with E-state index in [0.29, 0.717) is 26.1 Å². The molecule has 4 rings (SSSR count). The molecule has 0 bridgehead atoms. The van der Waals surface area contributed by atoms with Gasteiger partial charge >= 0.3 is 6.03 Å². The number of benzene rings is 1. The molecular weight excluding hydrogens is 446 g/mol. The van der Waals surface area contributed by atoms with Crippen LogP contribution in [0.25, 0.3) is 0 Å². The van der Waals surface area contributed by atoms with Gasteiger partial charge in [0.25, 0.3) is 0 Å². The van der Waals surface area contributed by atoms with Crippen molar-refractivity contribution in [2.24, 2.45) is 5.92 Å². The molecule has 188 valence electrons. The number of hydrogen-bond acceptors (Lipinski definition) is 5. The van der Waals surface area contributed by atoms with Gasteiger partial charge in [-0.3, -0.25) is 9.59 Å². The van der Waals surface area contributed by atoms with Crippen molar-refractivity contribution < 1.29 is 19.1 Å². The normalized spacial score (nSPS) is 25.1. The lowest BCUT2D eigenvalue weighted by Gasteiger charge is -2.55. The zero-order valence-electron chi connectivity index (χ0n) is 20.6. The number of terminal acetylenes is 1. The van der Waals surface area contributed by atoms with Crippen molar-refractivity contribution in [3.8, 4) is 12.3 Å². The van der Waals surface area contributed by atoms with Gasteiger partial charge in [0.1, 0.15) is 12.2 Å². The van der Waals surface area contributed by atoms with Crippen molar-refractivity contribution >= 4 is 17.8 Å². The molecule has 3 aliphatic rings. The van der Waals surface area contributed by atoms with Crippen LogP contribution in [0.2, 0.25) is 0 Å². The summed E-state index contributed by atoms with van der Waals surface area (Å²) in [5, 5.41) is 6.13. The van der Waals surface area contributed by atoms with Crippen molar-refractivity contribution in [1.29, 1.82) is 0 Å². The van der Waals surface area contributed by atoms with Gasteiger partial charge < -0.3 is 19.9 Å². The number of rotatable bonds is 7. The molecule has 9 nitrogen and oxygen atoms in total. The molecule has 0 aliphatic carbocycles. The van der Waals surface area contributed by atoms with E-state index < -0.39 is 12.2 Å². The van der Waals surface area contributed by atoms with E-state index in [9.17, 15) is 14.4 Å². The second-order valence-corrected chi connectivity index (χ2v) is 9.82. The molecule has 35 heavy (non-hydrogen) atoms. The lowest BCUT2D eigenvalue weighted by Crippen LogP contribution is -2.76. The number of ether oxygens (including phenoxy) is 1. The Hall–Kier alpha value is -3.09. The number of carbonyl (C=O) groups is 3. The van der Waals surface area contributed by atoms with Crippen LogP contribution in [0, 0.1) is 18.3 Å². The molecule has 4 amide bonds. The van der Waals surface area contributed by atoms with Crippen LogP contribution in [0.1, 0.15) is 38.7 Å². The number of piperazine rings is 1. The first-order valence-corrected chi connectivity index (χ1v) is 12.4. The van der Waals surface area contributed by atoms with Gasteiger partial charge in [0.15, 0.2) is 0 Å². The molecule has 3 aliphatic heterocycles. The van der Waals surface area contributed by atoms with E-state index >= 15 is 0 Å². The summed E-state index contributed by atoms with van der Waals surface area (Å²) in [5.74, 6) is 2.50. The Morgan fingerprint density at radius 1 is 1.26 bits per heavy atom. The van der Waals surface area contributed by atoms with E-state index in [1.165, 1.54) is 0 Å². The van der Waals surface area contributed by atoms with Crippen LogP contribution in [0.3, 0.4) is 0 Å². The van der Waals surface area contributed by atoms with Gasteiger partial charge in [-0.25, -0.2) is 9.80 Å². The second-order valence-electron chi connectivity index (χ2n) is 9.82. The number of fused-ring (bicyclic) bond motifs is 1. The van der Waals surface area contributed by atoms with Gasteiger partial charge in [-0.2, -0.15) is 5.01 Å². The molecule has 3 saturated heterocycles. The largest absolute Gasteiger partial charge is 0.376 e. The predicted molar refractivity (Wildman–Crippen MR) is 130 cm³/mol. The van der Waals surface area contributed by atoms with E-state index in [-0.39, 0.29) is 49.5 Å². The van der Waals surface area contributed by atoms with Gasteiger partial charge in [-0.15, -0.1) is 6.42 Å². The lowest BCUT2D eigenvalue weighted by molar-refractivity contribution is -0.190. The predicted octanol–water partition coefficient (Wildman–Crippen LogP) is 1.65. The zero-order valence-corrected chi connectivity index (χ0v) is 20.6. The summed E-state index contributed by atoms with van der Waals surface area (Å²) in [5.41, 5.74) is 0.964. The molecule has 0 aromatic heterocycles. The first-order valence-electron chi connectivity index (χ1n) is 12.4. The molecule has 9 heteroatoms. The fourth-order valence-corrected chi connectivity index (χ4v) is 5.17. The van der Waals surface area contributed by atoms with Crippen molar-refractivity contribution in [2.75, 3.05) is 32.8 Å². The Bertz CT molecular complexity index is 956. The lowest BCUT2D eigenvalue weighted by atomic mass is 9.96. The second kappa shape index (κ2) is 11.1. The summed E-state index contributed by atoms with van der Waals surface area (Å²) < 4.78 is 5.79. The van der Waals surface area contributed by atoms with Crippen LogP contribution >= 0.6 is 0 Å². The summed E-state index contributed by atoms with van der Waals surface area (Å²) in [6.45, 7) is 5.85. The number of carbonyl (C=O) groups excluding carboxylic acids is 3. The maximum absolute atomic E-state index is 13.6. The first kappa shape index (κ1) is 25.0. The van der Waals surface area contributed by atoms with Crippen molar-refractivity contribution in [3.05, 3.63) is 35.9 Å². The Labute approximate surface area is 207 Å². The van der Waals surface area contributed by atoms with E-state index in [1.807, 2.05) is 44.2 Å². The third-order valence-corrected chi connectivity index (χ3v) is 6.74. The number of hydrogen-bond donors (Lipinski definition) is 1. The van der Waals surface area contributed by atoms with Gasteiger partial charge in [-0.1, -0.05) is 50.1 Å². The first-order chi connectivity index (χ1) is 16.9. The van der Waals surface area contributed by atoms with Crippen molar-refractivity contribution in [1.82, 2.24) is 25.1 Å². The van der Waals surface area contributed by atoms with E-state index in [4.69, 9.17) is 11.2 Å². The van der Waals surface area contributed by atoms with Crippen molar-refractivity contribution in [2.45, 2.75) is 58.0 Å². The number of nitrogens with zero attached hydrogens (tertiary/aromatic N) is 4. The van der Waals surface area contributed by atoms with Crippen LogP contribution in [-0.4, -0.2) is 88.8 Å². The third-order valence-electron chi connectivity index (χ3n) is 6.74. The number of nitrogens with one attached hydrogen (secondary N) is 1. The number of urea groups is 1. The molecule has 0 spiro atoms. The quantitative estimate of drug-likeness (QED) is 0.599. The molecule has 0 radical (unpaired) electrons. The summed E-state index contributed by atoms with van der Waals surface area (Å²) in [4.78, 5) is 43.8. The molecule has 3 heterocycles. The molecule has 3 fully saturated rings. The molecular formula is C26H35N5O4. The fourth-order valence-electron chi connectivity index (χ4n) is 5.17. The summed E-state index contributed by atoms with van der Waals surface area (Å²) in [7, 11) is 0. The minimum Gasteiger partial charge on any atom is -0.376 e. The Kier molecular flexibility index (Phi) is 7.93. The Balaban J connectivity index is 1.62. The Morgan fingerprint density at radius 2 is 2.03 bits per heavy atom. The highest BCUT2D eigenvalue weighted by atomic mass is 16.5. The smallest absolute Gasteiger partial charge is 0.334 e. The van der Waals surface area contributed by atoms with E-state index in [0.717, 1.165) is 18.4 Å². The Morgan fingerprint density at radius 3 is 2.69 bits per heavy atom. The maximum atomic E-state index is 13.6. The SMILES string of the molecule is C#CCN1CC(=O)N2[C@@H](CC(C)C)C(=O)N(CC3CCCO3)C[C@@H]2N1C(=O)NCc1ccccc1. The molecule has 1 unspecified atom stereocenters. The van der Waals surface area contributed by atoms with Crippen LogP contribution < -0.4 is 5.32 Å². The summed E-state index contributed by atoms with van der Waals surface area (Å²) in [6.07, 6.45) is 7.34. The monoisotopic (exact) mass is 481 g/mol. The zero-order chi connectivity index (χ0) is 24.9. The van der Waals surface area contributed by atoms with Crippen LogP contribution in [0.5, 0.6) is 0 Å². The summed E-state index contributed by atoms with van der Waals surface area (Å²) >= 11 is 0. The average Bonchev–Trinajstić information content (AvgIpc) is 3.34. The van der Waals surface area contributed by atoms with Crippen LogP contribution in [0.15, 0.2) is 30.3 Å². The average molecular weight is 482 g/mol. The maximum Gasteiger partial charge on any atom is 0.334 e. The highest BCUT2D eigenvalue weighted by Crippen LogP contribution is 2.30. The van der Waals surface area contributed by atoms with Gasteiger partial charge in [-0.05, 0) is 30.7 Å². The molecule has 1 aromatic rings. The van der Waals surface area contributed by atoms with Gasteiger partial charge in [0.2, 0.25) is 11.8 Å². The standard InChI is InChI=1S/C26H35N5O4/c1-4-12-29-18-24(32)30-22(14-19(2)3)25(33)28(16-21-11-8-13-35-21)17-23(30)31(29)26(34)27-15-20-9-6-5-7-10-20/h1,5-7,9-10,19,21-23H,8,11-18H2,2-3H3,(H,27,34)/t21?,22-,23-/m0/s1. The summed E-state index contributed by atoms with van der Waals surface area (Å²) in [6, 6.07) is 8.66. The molecule has 3 atom stereocenters. The topological polar surface area (TPSA) is 85.4 Å². The van der Waals surface area contributed by atoms with Gasteiger partial charge in [0.05, 0.1) is 25.7 Å². The van der Waals surface area contributed by atoms with Crippen LogP contribution in [-0.2, 0) is 20.9 Å². The molecule has 1 aromatic carbocycles. The van der Waals surface area contributed by atoms with Gasteiger partial charge in [0, 0.05) is 19.7 Å². The number of hydrazine groups is 1. The van der Waals surface area contributed by atoms with Crippen LogP contribution in [0.4, 0.5) is 4.79 Å². The highest BCUT2D eigenvalue weighted by molar-refractivity contribution is 5.91. The highest BCUT2D eigenvalue weighted by Gasteiger charge is 2.51. The minimum atomic E-state index is -0.636. The minimum absolute atomic E-state index is 0.0216. The third kappa shape index (κ3) is 5.60. The fraction of sp³-hybridized carbons (Fsp3) is 0.577. The molecule has 1 N–H and O–H groups in total.